The van der Waals surface area contributed by atoms with E-state index in [2.05, 4.69) is 15.9 Å². The first-order valence-corrected chi connectivity index (χ1v) is 7.20. The predicted molar refractivity (Wildman–Crippen MR) is 73.2 cm³/mol. The van der Waals surface area contributed by atoms with Gasteiger partial charge < -0.3 is 14.6 Å². The third kappa shape index (κ3) is 2.39. The highest BCUT2D eigenvalue weighted by atomic mass is 79.9. The fourth-order valence-corrected chi connectivity index (χ4v) is 3.38. The van der Waals surface area contributed by atoms with Gasteiger partial charge in [0.2, 0.25) is 6.79 Å². The molecule has 5 heteroatoms. The lowest BCUT2D eigenvalue weighted by Crippen LogP contribution is -2.00. The monoisotopic (exact) mass is 326 g/mol. The Morgan fingerprint density at radius 1 is 1.28 bits per heavy atom. The third-order valence-corrected chi connectivity index (χ3v) is 4.52. The van der Waals surface area contributed by atoms with Crippen LogP contribution in [-0.4, -0.2) is 11.9 Å². The van der Waals surface area contributed by atoms with Crippen LogP contribution in [0.2, 0.25) is 0 Å². The average Bonchev–Trinajstić information content (AvgIpc) is 2.96. The van der Waals surface area contributed by atoms with Crippen LogP contribution in [0.4, 0.5) is 0 Å². The molecule has 1 unspecified atom stereocenters. The minimum Gasteiger partial charge on any atom is -0.454 e. The second-order valence-corrected chi connectivity index (χ2v) is 5.98. The molecule has 0 amide bonds. The zero-order valence-electron chi connectivity index (χ0n) is 9.43. The zero-order chi connectivity index (χ0) is 12.5. The van der Waals surface area contributed by atoms with Crippen LogP contribution in [0.25, 0.3) is 0 Å². The van der Waals surface area contributed by atoms with Crippen molar-refractivity contribution in [1.82, 2.24) is 0 Å². The molecule has 0 spiro atoms. The summed E-state index contributed by atoms with van der Waals surface area (Å²) in [5.74, 6) is 1.45. The molecule has 1 aromatic carbocycles. The average molecular weight is 327 g/mol. The Morgan fingerprint density at radius 3 is 2.89 bits per heavy atom. The Labute approximate surface area is 117 Å². The second kappa shape index (κ2) is 4.91. The summed E-state index contributed by atoms with van der Waals surface area (Å²) >= 11 is 5.05. The summed E-state index contributed by atoms with van der Waals surface area (Å²) in [5.41, 5.74) is 0.851. The first kappa shape index (κ1) is 12.0. The molecule has 1 aromatic heterocycles. The number of aliphatic hydroxyl groups excluding tert-OH is 1. The summed E-state index contributed by atoms with van der Waals surface area (Å²) in [4.78, 5) is 1.15. The quantitative estimate of drug-likeness (QED) is 0.937. The Morgan fingerprint density at radius 2 is 2.11 bits per heavy atom. The molecule has 0 saturated heterocycles. The van der Waals surface area contributed by atoms with E-state index in [1.807, 2.05) is 29.6 Å². The van der Waals surface area contributed by atoms with Gasteiger partial charge in [-0.1, -0.05) is 6.07 Å². The van der Waals surface area contributed by atoms with E-state index in [-0.39, 0.29) is 6.79 Å². The highest BCUT2D eigenvalue weighted by Gasteiger charge is 2.17. The Hall–Kier alpha value is -1.04. The summed E-state index contributed by atoms with van der Waals surface area (Å²) < 4.78 is 11.6. The van der Waals surface area contributed by atoms with Gasteiger partial charge in [0.05, 0.1) is 6.10 Å². The van der Waals surface area contributed by atoms with Crippen molar-refractivity contribution >= 4 is 27.3 Å². The van der Waals surface area contributed by atoms with E-state index in [0.717, 1.165) is 20.7 Å². The molecule has 1 atom stereocenters. The van der Waals surface area contributed by atoms with Gasteiger partial charge in [0.15, 0.2) is 11.5 Å². The molecule has 94 valence electrons. The summed E-state index contributed by atoms with van der Waals surface area (Å²) in [6.07, 6.45) is 0.0840. The number of benzene rings is 1. The summed E-state index contributed by atoms with van der Waals surface area (Å²) in [7, 11) is 0. The molecule has 0 fully saturated rings. The molecule has 1 N–H and O–H groups in total. The van der Waals surface area contributed by atoms with E-state index in [1.54, 1.807) is 11.3 Å². The van der Waals surface area contributed by atoms with Crippen molar-refractivity contribution in [3.05, 3.63) is 44.6 Å². The predicted octanol–water partition coefficient (Wildman–Crippen LogP) is 3.52. The van der Waals surface area contributed by atoms with Crippen molar-refractivity contribution < 1.29 is 14.6 Å². The lowest BCUT2D eigenvalue weighted by atomic mass is 10.1. The Bertz CT molecular complexity index is 567. The largest absolute Gasteiger partial charge is 0.454 e. The van der Waals surface area contributed by atoms with Crippen LogP contribution < -0.4 is 9.47 Å². The van der Waals surface area contributed by atoms with Gasteiger partial charge in [-0.05, 0) is 39.7 Å². The molecular weight excluding hydrogens is 316 g/mol. The van der Waals surface area contributed by atoms with Crippen LogP contribution in [0.3, 0.4) is 0 Å². The van der Waals surface area contributed by atoms with Crippen LogP contribution >= 0.6 is 27.3 Å². The lowest BCUT2D eigenvalue weighted by Gasteiger charge is -2.10. The highest BCUT2D eigenvalue weighted by molar-refractivity contribution is 9.10. The van der Waals surface area contributed by atoms with Crippen LogP contribution in [0.15, 0.2) is 34.1 Å². The number of ether oxygens (including phenoxy) is 2. The fraction of sp³-hybridized carbons (Fsp3) is 0.231. The normalized spacial score (nSPS) is 14.8. The highest BCUT2D eigenvalue weighted by Crippen LogP contribution is 2.35. The first-order chi connectivity index (χ1) is 8.72. The van der Waals surface area contributed by atoms with E-state index in [9.17, 15) is 5.11 Å². The van der Waals surface area contributed by atoms with Gasteiger partial charge in [-0.15, -0.1) is 11.3 Å². The second-order valence-electron chi connectivity index (χ2n) is 4.06. The summed E-state index contributed by atoms with van der Waals surface area (Å²) in [6.45, 7) is 0.257. The molecule has 0 bridgehead atoms. The van der Waals surface area contributed by atoms with Gasteiger partial charge in [-0.2, -0.15) is 0 Å². The van der Waals surface area contributed by atoms with Gasteiger partial charge in [-0.25, -0.2) is 0 Å². The molecule has 0 radical (unpaired) electrons. The summed E-state index contributed by atoms with van der Waals surface area (Å²) in [5, 5.41) is 12.2. The van der Waals surface area contributed by atoms with Crippen LogP contribution in [0.1, 0.15) is 16.5 Å². The van der Waals surface area contributed by atoms with Crippen molar-refractivity contribution in [1.29, 1.82) is 0 Å². The SMILES string of the molecule is OC(Cc1cc(Br)cs1)c1ccc2c(c1)OCO2. The summed E-state index contributed by atoms with van der Waals surface area (Å²) in [6, 6.07) is 7.59. The van der Waals surface area contributed by atoms with Gasteiger partial charge in [0, 0.05) is 21.2 Å². The molecule has 3 nitrogen and oxygen atoms in total. The minimum absolute atomic E-state index is 0.257. The standard InChI is InChI=1S/C13H11BrO3S/c14-9-4-10(18-6-9)5-11(15)8-1-2-12-13(3-8)17-7-16-12/h1-4,6,11,15H,5,7H2. The van der Waals surface area contributed by atoms with Gasteiger partial charge in [-0.3, -0.25) is 0 Å². The molecule has 2 aromatic rings. The molecular formula is C13H11BrO3S. The number of fused-ring (bicyclic) bond motifs is 1. The van der Waals surface area contributed by atoms with Gasteiger partial charge in [0.1, 0.15) is 0 Å². The topological polar surface area (TPSA) is 38.7 Å². The molecule has 2 heterocycles. The molecule has 18 heavy (non-hydrogen) atoms. The maximum atomic E-state index is 10.2. The fourth-order valence-electron chi connectivity index (χ4n) is 1.89. The maximum absolute atomic E-state index is 10.2. The van der Waals surface area contributed by atoms with E-state index >= 15 is 0 Å². The van der Waals surface area contributed by atoms with E-state index in [4.69, 9.17) is 9.47 Å². The Kier molecular flexibility index (Phi) is 3.28. The third-order valence-electron chi connectivity index (χ3n) is 2.80. The van der Waals surface area contributed by atoms with E-state index < -0.39 is 6.10 Å². The smallest absolute Gasteiger partial charge is 0.231 e. The molecule has 0 saturated carbocycles. The van der Waals surface area contributed by atoms with Crippen molar-refractivity contribution in [3.63, 3.8) is 0 Å². The number of hydrogen-bond donors (Lipinski definition) is 1. The van der Waals surface area contributed by atoms with Crippen molar-refractivity contribution in [2.75, 3.05) is 6.79 Å². The Balaban J connectivity index is 1.78. The van der Waals surface area contributed by atoms with Crippen LogP contribution in [-0.2, 0) is 6.42 Å². The molecule has 3 rings (SSSR count). The van der Waals surface area contributed by atoms with Gasteiger partial charge in [0.25, 0.3) is 0 Å². The minimum atomic E-state index is -0.523. The molecule has 0 aliphatic carbocycles. The van der Waals surface area contributed by atoms with Crippen LogP contribution in [0.5, 0.6) is 11.5 Å². The van der Waals surface area contributed by atoms with E-state index in [0.29, 0.717) is 12.2 Å². The van der Waals surface area contributed by atoms with Crippen LogP contribution in [0, 0.1) is 0 Å². The molecule has 1 aliphatic heterocycles. The number of hydrogen-bond acceptors (Lipinski definition) is 4. The lowest BCUT2D eigenvalue weighted by molar-refractivity contribution is 0.171. The van der Waals surface area contributed by atoms with Crippen molar-refractivity contribution in [3.8, 4) is 11.5 Å². The van der Waals surface area contributed by atoms with E-state index in [1.165, 1.54) is 0 Å². The number of halogens is 1. The zero-order valence-corrected chi connectivity index (χ0v) is 11.8. The number of rotatable bonds is 3. The van der Waals surface area contributed by atoms with Gasteiger partial charge >= 0.3 is 0 Å². The maximum Gasteiger partial charge on any atom is 0.231 e. The van der Waals surface area contributed by atoms with Crippen molar-refractivity contribution in [2.45, 2.75) is 12.5 Å². The first-order valence-electron chi connectivity index (χ1n) is 5.53. The number of aliphatic hydroxyl groups is 1. The number of thiophene rings is 1. The molecule has 1 aliphatic rings. The van der Waals surface area contributed by atoms with Crippen molar-refractivity contribution in [2.24, 2.45) is 0 Å².